The highest BCUT2D eigenvalue weighted by molar-refractivity contribution is 7.14. The maximum atomic E-state index is 13.0. The van der Waals surface area contributed by atoms with Crippen LogP contribution in [0.15, 0.2) is 30.3 Å². The molecule has 6 heteroatoms. The van der Waals surface area contributed by atoms with E-state index < -0.39 is 0 Å². The summed E-state index contributed by atoms with van der Waals surface area (Å²) in [6.07, 6.45) is 1.72. The van der Waals surface area contributed by atoms with Gasteiger partial charge in [0.1, 0.15) is 5.82 Å². The Hall–Kier alpha value is -1.43. The molecule has 1 aromatic heterocycles. The SMILES string of the molecule is Cc1sc(C(=O)N2CCC(N)CC2)cc1-c1ccc(F)cc1.Cl. The van der Waals surface area contributed by atoms with Crippen LogP contribution in [-0.2, 0) is 0 Å². The zero-order valence-corrected chi connectivity index (χ0v) is 14.6. The third-order valence-electron chi connectivity index (χ3n) is 4.11. The number of thiophene rings is 1. The minimum absolute atomic E-state index is 0. The normalized spacial score (nSPS) is 15.3. The van der Waals surface area contributed by atoms with E-state index in [4.69, 9.17) is 5.73 Å². The van der Waals surface area contributed by atoms with Crippen molar-refractivity contribution in [3.63, 3.8) is 0 Å². The van der Waals surface area contributed by atoms with Gasteiger partial charge in [-0.15, -0.1) is 23.7 Å². The summed E-state index contributed by atoms with van der Waals surface area (Å²) in [6.45, 7) is 3.44. The van der Waals surface area contributed by atoms with Gasteiger partial charge >= 0.3 is 0 Å². The largest absolute Gasteiger partial charge is 0.338 e. The molecule has 1 aromatic carbocycles. The van der Waals surface area contributed by atoms with Crippen molar-refractivity contribution in [2.24, 2.45) is 5.73 Å². The first kappa shape index (κ1) is 17.9. The Bertz CT molecular complexity index is 678. The summed E-state index contributed by atoms with van der Waals surface area (Å²) in [7, 11) is 0. The second kappa shape index (κ2) is 7.43. The smallest absolute Gasteiger partial charge is 0.263 e. The van der Waals surface area contributed by atoms with Gasteiger partial charge < -0.3 is 10.6 Å². The average molecular weight is 355 g/mol. The number of carbonyl (C=O) groups is 1. The number of carbonyl (C=O) groups excluding carboxylic acids is 1. The second-order valence-corrected chi connectivity index (χ2v) is 6.97. The molecular weight excluding hydrogens is 335 g/mol. The summed E-state index contributed by atoms with van der Waals surface area (Å²) in [6, 6.07) is 8.52. The van der Waals surface area contributed by atoms with Gasteiger partial charge in [-0.05, 0) is 49.1 Å². The molecule has 124 valence electrons. The van der Waals surface area contributed by atoms with E-state index in [0.29, 0.717) is 0 Å². The molecule has 2 aromatic rings. The van der Waals surface area contributed by atoms with Gasteiger partial charge in [0.15, 0.2) is 0 Å². The van der Waals surface area contributed by atoms with Crippen LogP contribution in [-0.4, -0.2) is 29.9 Å². The molecule has 2 heterocycles. The number of halogens is 2. The Morgan fingerprint density at radius 2 is 1.87 bits per heavy atom. The highest BCUT2D eigenvalue weighted by Crippen LogP contribution is 2.32. The first-order valence-corrected chi connectivity index (χ1v) is 8.27. The zero-order chi connectivity index (χ0) is 15.7. The van der Waals surface area contributed by atoms with Crippen molar-refractivity contribution in [2.75, 3.05) is 13.1 Å². The molecule has 23 heavy (non-hydrogen) atoms. The van der Waals surface area contributed by atoms with Crippen LogP contribution in [0.3, 0.4) is 0 Å². The fourth-order valence-corrected chi connectivity index (χ4v) is 3.77. The van der Waals surface area contributed by atoms with Crippen LogP contribution in [0.4, 0.5) is 4.39 Å². The number of nitrogens with zero attached hydrogens (tertiary/aromatic N) is 1. The Morgan fingerprint density at radius 3 is 2.48 bits per heavy atom. The summed E-state index contributed by atoms with van der Waals surface area (Å²) in [5, 5.41) is 0. The second-order valence-electron chi connectivity index (χ2n) is 5.72. The lowest BCUT2D eigenvalue weighted by Gasteiger charge is -2.29. The first-order valence-electron chi connectivity index (χ1n) is 7.46. The summed E-state index contributed by atoms with van der Waals surface area (Å²) < 4.78 is 13.0. The molecule has 1 amide bonds. The maximum absolute atomic E-state index is 13.0. The summed E-state index contributed by atoms with van der Waals surface area (Å²) in [4.78, 5) is 16.3. The van der Waals surface area contributed by atoms with E-state index in [1.807, 2.05) is 17.9 Å². The number of hydrogen-bond donors (Lipinski definition) is 1. The van der Waals surface area contributed by atoms with E-state index in [2.05, 4.69) is 0 Å². The van der Waals surface area contributed by atoms with Crippen LogP contribution in [0.5, 0.6) is 0 Å². The standard InChI is InChI=1S/C17H19FN2OS.ClH/c1-11-15(12-2-4-13(18)5-3-12)10-16(22-11)17(21)20-8-6-14(19)7-9-20;/h2-5,10,14H,6-9,19H2,1H3;1H. The van der Waals surface area contributed by atoms with Gasteiger partial charge in [0, 0.05) is 24.0 Å². The molecule has 2 N–H and O–H groups in total. The van der Waals surface area contributed by atoms with Gasteiger partial charge in [0.25, 0.3) is 5.91 Å². The zero-order valence-electron chi connectivity index (χ0n) is 12.9. The van der Waals surface area contributed by atoms with E-state index in [-0.39, 0.29) is 30.2 Å². The van der Waals surface area contributed by atoms with Crippen molar-refractivity contribution in [2.45, 2.75) is 25.8 Å². The van der Waals surface area contributed by atoms with E-state index in [1.54, 1.807) is 12.1 Å². The fraction of sp³-hybridized carbons (Fsp3) is 0.353. The summed E-state index contributed by atoms with van der Waals surface area (Å²) in [5.74, 6) is -0.175. The predicted molar refractivity (Wildman–Crippen MR) is 94.8 cm³/mol. The molecule has 0 saturated carbocycles. The fourth-order valence-electron chi connectivity index (χ4n) is 2.76. The van der Waals surface area contributed by atoms with E-state index >= 15 is 0 Å². The Kier molecular flexibility index (Phi) is 5.79. The van der Waals surface area contributed by atoms with Crippen molar-refractivity contribution in [1.29, 1.82) is 0 Å². The summed E-state index contributed by atoms with van der Waals surface area (Å²) >= 11 is 1.50. The highest BCUT2D eigenvalue weighted by atomic mass is 35.5. The number of piperidine rings is 1. The van der Waals surface area contributed by atoms with Crippen LogP contribution in [0.1, 0.15) is 27.4 Å². The van der Waals surface area contributed by atoms with Gasteiger partial charge in [0.05, 0.1) is 4.88 Å². The van der Waals surface area contributed by atoms with E-state index in [9.17, 15) is 9.18 Å². The summed E-state index contributed by atoms with van der Waals surface area (Å²) in [5.41, 5.74) is 7.83. The molecule has 1 fully saturated rings. The van der Waals surface area contributed by atoms with Crippen LogP contribution in [0.25, 0.3) is 11.1 Å². The van der Waals surface area contributed by atoms with Crippen molar-refractivity contribution in [1.82, 2.24) is 4.90 Å². The van der Waals surface area contributed by atoms with Crippen LogP contribution >= 0.6 is 23.7 Å². The van der Waals surface area contributed by atoms with Gasteiger partial charge in [-0.2, -0.15) is 0 Å². The third-order valence-corrected chi connectivity index (χ3v) is 5.15. The number of benzene rings is 1. The molecule has 0 atom stereocenters. The van der Waals surface area contributed by atoms with Gasteiger partial charge in [-0.1, -0.05) is 12.1 Å². The van der Waals surface area contributed by atoms with Gasteiger partial charge in [0.2, 0.25) is 0 Å². The van der Waals surface area contributed by atoms with Crippen LogP contribution in [0, 0.1) is 12.7 Å². The molecule has 1 saturated heterocycles. The van der Waals surface area contributed by atoms with Crippen LogP contribution in [0.2, 0.25) is 0 Å². The third kappa shape index (κ3) is 3.91. The Morgan fingerprint density at radius 1 is 1.26 bits per heavy atom. The molecule has 1 aliphatic heterocycles. The van der Waals surface area contributed by atoms with Crippen molar-refractivity contribution in [3.8, 4) is 11.1 Å². The van der Waals surface area contributed by atoms with E-state index in [0.717, 1.165) is 46.8 Å². The molecule has 1 aliphatic rings. The number of hydrogen-bond acceptors (Lipinski definition) is 3. The lowest BCUT2D eigenvalue weighted by Crippen LogP contribution is -2.42. The van der Waals surface area contributed by atoms with Crippen LogP contribution < -0.4 is 5.73 Å². The quantitative estimate of drug-likeness (QED) is 0.890. The number of amides is 1. The lowest BCUT2D eigenvalue weighted by atomic mass is 10.0. The number of nitrogens with two attached hydrogens (primary N) is 1. The molecule has 0 radical (unpaired) electrons. The molecular formula is C17H20ClFN2OS. The minimum Gasteiger partial charge on any atom is -0.338 e. The Labute approximate surface area is 145 Å². The Balaban J connectivity index is 0.00000192. The topological polar surface area (TPSA) is 46.3 Å². The first-order chi connectivity index (χ1) is 10.5. The van der Waals surface area contributed by atoms with Crippen molar-refractivity contribution in [3.05, 3.63) is 45.9 Å². The molecule has 0 unspecified atom stereocenters. The van der Waals surface area contributed by atoms with Crippen molar-refractivity contribution >= 4 is 29.7 Å². The average Bonchev–Trinajstić information content (AvgIpc) is 2.90. The maximum Gasteiger partial charge on any atom is 0.263 e. The van der Waals surface area contributed by atoms with E-state index in [1.165, 1.54) is 23.5 Å². The van der Waals surface area contributed by atoms with Gasteiger partial charge in [-0.3, -0.25) is 4.79 Å². The molecule has 3 rings (SSSR count). The van der Waals surface area contributed by atoms with Gasteiger partial charge in [-0.25, -0.2) is 4.39 Å². The number of likely N-dealkylation sites (tertiary alicyclic amines) is 1. The minimum atomic E-state index is -0.252. The number of aryl methyl sites for hydroxylation is 1. The molecule has 0 aliphatic carbocycles. The highest BCUT2D eigenvalue weighted by Gasteiger charge is 2.23. The molecule has 3 nitrogen and oxygen atoms in total. The van der Waals surface area contributed by atoms with Crippen molar-refractivity contribution < 1.29 is 9.18 Å². The molecule has 0 spiro atoms. The molecule has 0 bridgehead atoms. The number of rotatable bonds is 2. The monoisotopic (exact) mass is 354 g/mol. The lowest BCUT2D eigenvalue weighted by molar-refractivity contribution is 0.0719. The predicted octanol–water partition coefficient (Wildman–Crippen LogP) is 3.85.